The van der Waals surface area contributed by atoms with Gasteiger partial charge in [0.25, 0.3) is 5.91 Å². The Kier molecular flexibility index (Phi) is 5.61. The van der Waals surface area contributed by atoms with Gasteiger partial charge in [-0.15, -0.1) is 11.3 Å². The van der Waals surface area contributed by atoms with Crippen LogP contribution in [0.25, 0.3) is 0 Å². The number of nitrogens with one attached hydrogen (secondary N) is 1. The van der Waals surface area contributed by atoms with Gasteiger partial charge in [-0.1, -0.05) is 27.7 Å². The number of carbonyl (C=O) groups is 1. The zero-order valence-corrected chi connectivity index (χ0v) is 15.3. The number of aromatic nitrogens is 1. The first-order valence-electron chi connectivity index (χ1n) is 8.24. The minimum absolute atomic E-state index is 0.0185. The molecule has 0 saturated carbocycles. The summed E-state index contributed by atoms with van der Waals surface area (Å²) in [5, 5.41) is 3.15. The number of amides is 1. The molecule has 0 aromatic carbocycles. The fourth-order valence-electron chi connectivity index (χ4n) is 3.12. The van der Waals surface area contributed by atoms with E-state index in [9.17, 15) is 4.79 Å². The second-order valence-electron chi connectivity index (χ2n) is 7.66. The highest BCUT2D eigenvalue weighted by atomic mass is 32.1. The van der Waals surface area contributed by atoms with E-state index in [1.807, 2.05) is 0 Å². The minimum atomic E-state index is -0.0990. The Morgan fingerprint density at radius 1 is 1.55 bits per heavy atom. The lowest BCUT2D eigenvalue weighted by atomic mass is 9.91. The number of carbonyl (C=O) groups excluding carboxylic acids is 1. The molecule has 0 spiro atoms. The van der Waals surface area contributed by atoms with E-state index < -0.39 is 0 Å². The van der Waals surface area contributed by atoms with Gasteiger partial charge in [-0.25, -0.2) is 4.98 Å². The van der Waals surface area contributed by atoms with Crippen molar-refractivity contribution in [3.05, 3.63) is 16.1 Å². The van der Waals surface area contributed by atoms with Crippen molar-refractivity contribution in [2.24, 2.45) is 5.92 Å². The maximum Gasteiger partial charge on any atom is 0.263 e. The second kappa shape index (κ2) is 7.09. The molecule has 0 radical (unpaired) electrons. The molecule has 1 aromatic heterocycles. The average molecular weight is 324 g/mol. The first kappa shape index (κ1) is 17.4. The third kappa shape index (κ3) is 4.53. The first-order chi connectivity index (χ1) is 10.3. The second-order valence-corrected chi connectivity index (χ2v) is 8.52. The zero-order valence-electron chi connectivity index (χ0n) is 14.5. The highest BCUT2D eigenvalue weighted by Crippen LogP contribution is 2.27. The molecule has 0 bridgehead atoms. The van der Waals surface area contributed by atoms with Crippen molar-refractivity contribution < 1.29 is 4.79 Å². The molecule has 1 aliphatic rings. The summed E-state index contributed by atoms with van der Waals surface area (Å²) in [5.74, 6) is 0.788. The van der Waals surface area contributed by atoms with E-state index in [1.54, 1.807) is 5.51 Å². The Hall–Kier alpha value is -0.940. The van der Waals surface area contributed by atoms with E-state index in [0.29, 0.717) is 0 Å². The SMILES string of the molecule is C[C@H]1CCCN(C[C@@H](C)NC(=O)c2scnc2C(C)(C)C)C1. The van der Waals surface area contributed by atoms with Crippen molar-refractivity contribution in [3.8, 4) is 0 Å². The summed E-state index contributed by atoms with van der Waals surface area (Å²) in [7, 11) is 0. The van der Waals surface area contributed by atoms with Crippen LogP contribution >= 0.6 is 11.3 Å². The summed E-state index contributed by atoms with van der Waals surface area (Å²) in [4.78, 5) is 20.1. The number of rotatable bonds is 4. The first-order valence-corrected chi connectivity index (χ1v) is 9.12. The van der Waals surface area contributed by atoms with Crippen LogP contribution in [0, 0.1) is 5.92 Å². The van der Waals surface area contributed by atoms with Crippen molar-refractivity contribution in [2.45, 2.75) is 58.9 Å². The number of nitrogens with zero attached hydrogens (tertiary/aromatic N) is 2. The van der Waals surface area contributed by atoms with Gasteiger partial charge in [0.15, 0.2) is 0 Å². The summed E-state index contributed by atoms with van der Waals surface area (Å²) in [6.45, 7) is 13.9. The smallest absolute Gasteiger partial charge is 0.263 e. The minimum Gasteiger partial charge on any atom is -0.348 e. The van der Waals surface area contributed by atoms with Gasteiger partial charge in [-0.3, -0.25) is 4.79 Å². The highest BCUT2D eigenvalue weighted by Gasteiger charge is 2.26. The Balaban J connectivity index is 1.93. The molecule has 0 unspecified atom stereocenters. The molecule has 1 saturated heterocycles. The molecule has 2 heterocycles. The van der Waals surface area contributed by atoms with E-state index in [4.69, 9.17) is 0 Å². The van der Waals surface area contributed by atoms with Gasteiger partial charge in [0.05, 0.1) is 11.2 Å². The normalized spacial score (nSPS) is 21.6. The molecule has 2 rings (SSSR count). The maximum atomic E-state index is 12.5. The van der Waals surface area contributed by atoms with Gasteiger partial charge < -0.3 is 10.2 Å². The van der Waals surface area contributed by atoms with Crippen molar-refractivity contribution >= 4 is 17.2 Å². The topological polar surface area (TPSA) is 45.2 Å². The number of piperidine rings is 1. The van der Waals surface area contributed by atoms with Crippen LogP contribution in [0.5, 0.6) is 0 Å². The van der Waals surface area contributed by atoms with E-state index in [2.05, 4.69) is 49.8 Å². The van der Waals surface area contributed by atoms with E-state index >= 15 is 0 Å². The van der Waals surface area contributed by atoms with E-state index in [0.717, 1.165) is 36.1 Å². The average Bonchev–Trinajstić information content (AvgIpc) is 2.87. The van der Waals surface area contributed by atoms with Crippen LogP contribution in [0.1, 0.15) is 62.8 Å². The third-order valence-corrected chi connectivity index (χ3v) is 4.96. The Bertz CT molecular complexity index is 506. The molecule has 5 heteroatoms. The Labute approximate surface area is 138 Å². The van der Waals surface area contributed by atoms with Crippen LogP contribution in [0.2, 0.25) is 0 Å². The molecule has 1 fully saturated rings. The van der Waals surface area contributed by atoms with Gasteiger partial charge >= 0.3 is 0 Å². The van der Waals surface area contributed by atoms with E-state index in [-0.39, 0.29) is 17.4 Å². The molecule has 124 valence electrons. The zero-order chi connectivity index (χ0) is 16.3. The van der Waals surface area contributed by atoms with Crippen LogP contribution in [0.4, 0.5) is 0 Å². The fourth-order valence-corrected chi connectivity index (χ4v) is 4.02. The molecule has 1 aromatic rings. The molecule has 0 aliphatic carbocycles. The molecule has 1 amide bonds. The maximum absolute atomic E-state index is 12.5. The number of hydrogen-bond donors (Lipinski definition) is 1. The van der Waals surface area contributed by atoms with Crippen LogP contribution in [-0.4, -0.2) is 41.5 Å². The summed E-state index contributed by atoms with van der Waals surface area (Å²) in [5.41, 5.74) is 2.57. The molecule has 1 N–H and O–H groups in total. The van der Waals surface area contributed by atoms with Crippen molar-refractivity contribution in [2.75, 3.05) is 19.6 Å². The Morgan fingerprint density at radius 2 is 2.27 bits per heavy atom. The molecule has 4 nitrogen and oxygen atoms in total. The monoisotopic (exact) mass is 323 g/mol. The van der Waals surface area contributed by atoms with Crippen LogP contribution in [0.15, 0.2) is 5.51 Å². The summed E-state index contributed by atoms with van der Waals surface area (Å²) >= 11 is 1.44. The lowest BCUT2D eigenvalue weighted by Crippen LogP contribution is -2.45. The number of thiazole rings is 1. The standard InChI is InChI=1S/C17H29N3OS/c1-12-7-6-8-20(9-12)10-13(2)19-16(21)14-15(17(3,4)5)18-11-22-14/h11-13H,6-10H2,1-5H3,(H,19,21)/t12-,13+/m0/s1. The van der Waals surface area contributed by atoms with Crippen molar-refractivity contribution in [1.29, 1.82) is 0 Å². The highest BCUT2D eigenvalue weighted by molar-refractivity contribution is 7.11. The summed E-state index contributed by atoms with van der Waals surface area (Å²) < 4.78 is 0. The summed E-state index contributed by atoms with van der Waals surface area (Å²) in [6, 6.07) is 0.160. The molecule has 2 atom stereocenters. The quantitative estimate of drug-likeness (QED) is 0.925. The van der Waals surface area contributed by atoms with Gasteiger partial charge in [0.2, 0.25) is 0 Å². The van der Waals surface area contributed by atoms with Crippen molar-refractivity contribution in [1.82, 2.24) is 15.2 Å². The molecular weight excluding hydrogens is 294 g/mol. The van der Waals surface area contributed by atoms with Crippen LogP contribution < -0.4 is 5.32 Å². The van der Waals surface area contributed by atoms with Crippen molar-refractivity contribution in [3.63, 3.8) is 0 Å². The van der Waals surface area contributed by atoms with Gasteiger partial charge in [-0.2, -0.15) is 0 Å². The lowest BCUT2D eigenvalue weighted by Gasteiger charge is -2.32. The van der Waals surface area contributed by atoms with Gasteiger partial charge in [-0.05, 0) is 32.2 Å². The Morgan fingerprint density at radius 3 is 2.91 bits per heavy atom. The van der Waals surface area contributed by atoms with E-state index in [1.165, 1.54) is 24.2 Å². The fraction of sp³-hybridized carbons (Fsp3) is 0.765. The molecular formula is C17H29N3OS. The molecule has 1 aliphatic heterocycles. The largest absolute Gasteiger partial charge is 0.348 e. The number of hydrogen-bond acceptors (Lipinski definition) is 4. The van der Waals surface area contributed by atoms with Gasteiger partial charge in [0.1, 0.15) is 4.88 Å². The molecule has 22 heavy (non-hydrogen) atoms. The van der Waals surface area contributed by atoms with Crippen LogP contribution in [0.3, 0.4) is 0 Å². The lowest BCUT2D eigenvalue weighted by molar-refractivity contribution is 0.0921. The number of likely N-dealkylation sites (tertiary alicyclic amines) is 1. The third-order valence-electron chi connectivity index (χ3n) is 4.13. The predicted octanol–water partition coefficient (Wildman–Crippen LogP) is 3.29. The summed E-state index contributed by atoms with van der Waals surface area (Å²) in [6.07, 6.45) is 2.60. The van der Waals surface area contributed by atoms with Crippen LogP contribution in [-0.2, 0) is 5.41 Å². The predicted molar refractivity (Wildman–Crippen MR) is 92.6 cm³/mol. The van der Waals surface area contributed by atoms with Gasteiger partial charge in [0, 0.05) is 24.5 Å².